The fourth-order valence-corrected chi connectivity index (χ4v) is 1.44. The highest BCUT2D eigenvalue weighted by Crippen LogP contribution is 2.30. The van der Waals surface area contributed by atoms with Gasteiger partial charge in [-0.3, -0.25) is 0 Å². The molecule has 0 saturated carbocycles. The predicted octanol–water partition coefficient (Wildman–Crippen LogP) is 2.89. The maximum absolute atomic E-state index is 13.2. The molecule has 0 aliphatic heterocycles. The van der Waals surface area contributed by atoms with Gasteiger partial charge in [0.15, 0.2) is 11.6 Å². The van der Waals surface area contributed by atoms with Crippen LogP contribution in [0.25, 0.3) is 0 Å². The van der Waals surface area contributed by atoms with E-state index in [4.69, 9.17) is 10.5 Å². The van der Waals surface area contributed by atoms with Crippen molar-refractivity contribution in [3.63, 3.8) is 0 Å². The molecule has 0 saturated heterocycles. The lowest BCUT2D eigenvalue weighted by atomic mass is 10.3. The molecule has 1 aromatic carbocycles. The van der Waals surface area contributed by atoms with Gasteiger partial charge in [-0.1, -0.05) is 0 Å². The van der Waals surface area contributed by atoms with Crippen LogP contribution < -0.4 is 10.5 Å². The number of nitrogens with zero attached hydrogens (tertiary/aromatic N) is 2. The monoisotopic (exact) mass is 301 g/mol. The molecule has 0 radical (unpaired) electrons. The van der Waals surface area contributed by atoms with Crippen molar-refractivity contribution >= 4 is 21.6 Å². The Kier molecular flexibility index (Phi) is 3.19. The number of nitrogens with two attached hydrogens (primary N) is 1. The van der Waals surface area contributed by atoms with E-state index in [2.05, 4.69) is 25.9 Å². The van der Waals surface area contributed by atoms with E-state index >= 15 is 0 Å². The fraction of sp³-hybridized carbons (Fsp3) is 0. The Hall–Kier alpha value is -1.76. The summed E-state index contributed by atoms with van der Waals surface area (Å²) in [6, 6.07) is 2.33. The highest BCUT2D eigenvalue weighted by atomic mass is 79.9. The van der Waals surface area contributed by atoms with Crippen LogP contribution in [-0.4, -0.2) is 9.97 Å². The molecule has 0 atom stereocenters. The van der Waals surface area contributed by atoms with Crippen LogP contribution in [0.5, 0.6) is 11.8 Å². The first kappa shape index (κ1) is 11.7. The summed E-state index contributed by atoms with van der Waals surface area (Å²) in [6.07, 6.45) is 1.88. The lowest BCUT2D eigenvalue weighted by molar-refractivity contribution is 0.434. The largest absolute Gasteiger partial charge is 0.422 e. The lowest BCUT2D eigenvalue weighted by Crippen LogP contribution is -1.97. The van der Waals surface area contributed by atoms with Crippen molar-refractivity contribution in [2.24, 2.45) is 0 Å². The Morgan fingerprint density at radius 3 is 2.47 bits per heavy atom. The summed E-state index contributed by atoms with van der Waals surface area (Å²) in [5.41, 5.74) is 5.83. The maximum Gasteiger partial charge on any atom is 0.322 e. The third kappa shape index (κ3) is 2.68. The minimum atomic E-state index is -0.590. The molecule has 0 amide bonds. The first-order chi connectivity index (χ1) is 8.06. The summed E-state index contributed by atoms with van der Waals surface area (Å²) in [5.74, 6) is -1.05. The van der Waals surface area contributed by atoms with Gasteiger partial charge in [-0.05, 0) is 22.0 Å². The van der Waals surface area contributed by atoms with Gasteiger partial charge in [0, 0.05) is 6.07 Å². The summed E-state index contributed by atoms with van der Waals surface area (Å²) in [4.78, 5) is 7.14. The Labute approximate surface area is 104 Å². The quantitative estimate of drug-likeness (QED) is 0.867. The summed E-state index contributed by atoms with van der Waals surface area (Å²) >= 11 is 2.98. The van der Waals surface area contributed by atoms with Gasteiger partial charge in [0.1, 0.15) is 5.82 Å². The summed E-state index contributed by atoms with van der Waals surface area (Å²) in [6.45, 7) is 0. The molecular formula is C10H6BrF2N3O. The van der Waals surface area contributed by atoms with E-state index in [1.165, 1.54) is 6.07 Å². The highest BCUT2D eigenvalue weighted by Gasteiger charge is 2.09. The van der Waals surface area contributed by atoms with Gasteiger partial charge in [-0.25, -0.2) is 18.7 Å². The second-order valence-electron chi connectivity index (χ2n) is 3.09. The zero-order valence-electron chi connectivity index (χ0n) is 8.32. The molecule has 2 rings (SSSR count). The molecule has 0 aliphatic carbocycles. The zero-order chi connectivity index (χ0) is 12.4. The summed E-state index contributed by atoms with van der Waals surface area (Å²) in [7, 11) is 0. The third-order valence-corrected chi connectivity index (χ3v) is 2.46. The number of benzene rings is 1. The molecular weight excluding hydrogens is 296 g/mol. The molecule has 2 N–H and O–H groups in total. The van der Waals surface area contributed by atoms with Crippen molar-refractivity contribution in [1.82, 2.24) is 9.97 Å². The van der Waals surface area contributed by atoms with E-state index in [0.717, 1.165) is 18.5 Å². The summed E-state index contributed by atoms with van der Waals surface area (Å²) in [5, 5.41) is 0. The molecule has 0 fully saturated rings. The van der Waals surface area contributed by atoms with Crippen LogP contribution in [0.1, 0.15) is 0 Å². The lowest BCUT2D eigenvalue weighted by Gasteiger charge is -2.07. The van der Waals surface area contributed by atoms with Crippen molar-refractivity contribution in [1.29, 1.82) is 0 Å². The molecule has 0 unspecified atom stereocenters. The predicted molar refractivity (Wildman–Crippen MR) is 60.6 cm³/mol. The molecule has 0 spiro atoms. The van der Waals surface area contributed by atoms with Crippen molar-refractivity contribution in [2.75, 3.05) is 5.73 Å². The van der Waals surface area contributed by atoms with Gasteiger partial charge < -0.3 is 10.5 Å². The minimum absolute atomic E-state index is 0.0670. The number of halogens is 3. The second kappa shape index (κ2) is 4.62. The van der Waals surface area contributed by atoms with Gasteiger partial charge in [0.05, 0.1) is 22.6 Å². The Bertz CT molecular complexity index is 548. The van der Waals surface area contributed by atoms with Crippen LogP contribution in [-0.2, 0) is 0 Å². The maximum atomic E-state index is 13.2. The van der Waals surface area contributed by atoms with E-state index in [0.29, 0.717) is 0 Å². The molecule has 0 aliphatic rings. The van der Waals surface area contributed by atoms with Crippen LogP contribution in [0.2, 0.25) is 0 Å². The van der Waals surface area contributed by atoms with Crippen LogP contribution >= 0.6 is 15.9 Å². The first-order valence-electron chi connectivity index (χ1n) is 4.46. The molecule has 1 aromatic heterocycles. The molecule has 2 aromatic rings. The van der Waals surface area contributed by atoms with E-state index in [1.54, 1.807) is 0 Å². The van der Waals surface area contributed by atoms with Crippen molar-refractivity contribution in [3.05, 3.63) is 40.6 Å². The molecule has 7 heteroatoms. The van der Waals surface area contributed by atoms with Crippen molar-refractivity contribution in [2.45, 2.75) is 0 Å². The van der Waals surface area contributed by atoms with Gasteiger partial charge in [-0.15, -0.1) is 0 Å². The Balaban J connectivity index is 2.30. The normalized spacial score (nSPS) is 10.3. The number of anilines is 1. The van der Waals surface area contributed by atoms with Gasteiger partial charge in [0.25, 0.3) is 0 Å². The number of aromatic nitrogens is 2. The second-order valence-corrected chi connectivity index (χ2v) is 3.94. The zero-order valence-corrected chi connectivity index (χ0v) is 9.91. The topological polar surface area (TPSA) is 61.0 Å². The van der Waals surface area contributed by atoms with Gasteiger partial charge >= 0.3 is 6.01 Å². The first-order valence-corrected chi connectivity index (χ1v) is 5.25. The number of hydrogen-bond acceptors (Lipinski definition) is 4. The third-order valence-electron chi connectivity index (χ3n) is 1.85. The summed E-state index contributed by atoms with van der Waals surface area (Å²) < 4.78 is 31.1. The average Bonchev–Trinajstić information content (AvgIpc) is 2.29. The molecule has 4 nitrogen and oxygen atoms in total. The minimum Gasteiger partial charge on any atom is -0.422 e. The van der Waals surface area contributed by atoms with Gasteiger partial charge in [0.2, 0.25) is 0 Å². The Morgan fingerprint density at radius 2 is 1.82 bits per heavy atom. The average molecular weight is 302 g/mol. The van der Waals surface area contributed by atoms with E-state index in [-0.39, 0.29) is 21.9 Å². The van der Waals surface area contributed by atoms with Crippen molar-refractivity contribution in [3.8, 4) is 11.8 Å². The molecule has 88 valence electrons. The number of ether oxygens (including phenoxy) is 1. The van der Waals surface area contributed by atoms with Crippen molar-refractivity contribution < 1.29 is 13.5 Å². The number of hydrogen-bond donors (Lipinski definition) is 1. The number of rotatable bonds is 2. The number of nitrogen functional groups attached to an aromatic ring is 1. The highest BCUT2D eigenvalue weighted by molar-refractivity contribution is 9.10. The molecule has 0 bridgehead atoms. The van der Waals surface area contributed by atoms with E-state index in [9.17, 15) is 8.78 Å². The smallest absolute Gasteiger partial charge is 0.322 e. The van der Waals surface area contributed by atoms with E-state index in [1.807, 2.05) is 0 Å². The van der Waals surface area contributed by atoms with Crippen LogP contribution in [0.4, 0.5) is 14.5 Å². The SMILES string of the molecule is Nc1cc(Br)c(F)cc1Oc1ncc(F)cn1. The van der Waals surface area contributed by atoms with Crippen LogP contribution in [0.15, 0.2) is 29.0 Å². The molecule has 1 heterocycles. The fourth-order valence-electron chi connectivity index (χ4n) is 1.08. The van der Waals surface area contributed by atoms with Crippen LogP contribution in [0, 0.1) is 11.6 Å². The van der Waals surface area contributed by atoms with Gasteiger partial charge in [-0.2, -0.15) is 0 Å². The molecule has 17 heavy (non-hydrogen) atoms. The van der Waals surface area contributed by atoms with Crippen LogP contribution in [0.3, 0.4) is 0 Å². The Morgan fingerprint density at radius 1 is 1.18 bits per heavy atom. The van der Waals surface area contributed by atoms with E-state index < -0.39 is 11.6 Å². The standard InChI is InChI=1S/C10H6BrF2N3O/c11-6-1-8(14)9(2-7(6)13)17-10-15-3-5(12)4-16-10/h1-4H,14H2.